The maximum Gasteiger partial charge on any atom is 0.261 e. The average Bonchev–Trinajstić information content (AvgIpc) is 2.74. The highest BCUT2D eigenvalue weighted by Crippen LogP contribution is 2.26. The van der Waals surface area contributed by atoms with Crippen LogP contribution in [0.5, 0.6) is 11.5 Å². The summed E-state index contributed by atoms with van der Waals surface area (Å²) in [4.78, 5) is 28.0. The molecular formula is C26H35ClN2O4. The number of carbonyl (C=O) groups excluding carboxylic acids is 2. The van der Waals surface area contributed by atoms with Gasteiger partial charge in [-0.3, -0.25) is 9.59 Å². The zero-order valence-corrected chi connectivity index (χ0v) is 21.4. The summed E-state index contributed by atoms with van der Waals surface area (Å²) in [6.45, 7) is 11.5. The van der Waals surface area contributed by atoms with Gasteiger partial charge in [0.2, 0.25) is 5.91 Å². The Morgan fingerprint density at radius 2 is 1.64 bits per heavy atom. The summed E-state index contributed by atoms with van der Waals surface area (Å²) in [6, 6.07) is 10.4. The van der Waals surface area contributed by atoms with Gasteiger partial charge in [0.1, 0.15) is 17.5 Å². The topological polar surface area (TPSA) is 67.9 Å². The molecule has 0 heterocycles. The second kappa shape index (κ2) is 11.4. The van der Waals surface area contributed by atoms with Gasteiger partial charge in [-0.2, -0.15) is 0 Å². The molecule has 7 heteroatoms. The lowest BCUT2D eigenvalue weighted by Crippen LogP contribution is -2.54. The van der Waals surface area contributed by atoms with E-state index in [1.54, 1.807) is 24.1 Å². The second-order valence-electron chi connectivity index (χ2n) is 9.19. The number of hydrogen-bond acceptors (Lipinski definition) is 4. The molecule has 2 rings (SSSR count). The van der Waals surface area contributed by atoms with Crippen LogP contribution in [0.1, 0.15) is 50.8 Å². The molecule has 0 bridgehead atoms. The van der Waals surface area contributed by atoms with E-state index in [1.807, 2.05) is 65.8 Å². The Morgan fingerprint density at radius 3 is 2.12 bits per heavy atom. The Labute approximate surface area is 202 Å². The Morgan fingerprint density at radius 1 is 1.06 bits per heavy atom. The number of halogens is 1. The molecule has 0 fully saturated rings. The number of amides is 2. The van der Waals surface area contributed by atoms with Gasteiger partial charge in [-0.15, -0.1) is 0 Å². The molecule has 0 aromatic heterocycles. The minimum Gasteiger partial charge on any atom is -0.497 e. The standard InChI is InChI=1S/C26H35ClN2O4/c1-8-22(25(31)28-26(4,5)6)29(15-19-9-11-20(32-7)12-10-19)23(30)16-33-21-13-17(2)24(27)18(3)14-21/h9-14,22H,8,15-16H2,1-7H3,(H,28,31)/t22-/m1/s1. The van der Waals surface area contributed by atoms with Gasteiger partial charge in [-0.05, 0) is 82.0 Å². The van der Waals surface area contributed by atoms with E-state index in [0.717, 1.165) is 22.4 Å². The quantitative estimate of drug-likeness (QED) is 0.551. The van der Waals surface area contributed by atoms with Crippen molar-refractivity contribution in [1.29, 1.82) is 0 Å². The largest absolute Gasteiger partial charge is 0.497 e. The fourth-order valence-corrected chi connectivity index (χ4v) is 3.63. The summed E-state index contributed by atoms with van der Waals surface area (Å²) in [5.74, 6) is 0.835. The molecule has 0 aliphatic carbocycles. The normalized spacial score (nSPS) is 12.1. The smallest absolute Gasteiger partial charge is 0.261 e. The summed E-state index contributed by atoms with van der Waals surface area (Å²) in [7, 11) is 1.60. The van der Waals surface area contributed by atoms with Crippen LogP contribution in [0, 0.1) is 13.8 Å². The third kappa shape index (κ3) is 7.67. The summed E-state index contributed by atoms with van der Waals surface area (Å²) in [6.07, 6.45) is 0.475. The maximum atomic E-state index is 13.3. The number of benzene rings is 2. The monoisotopic (exact) mass is 474 g/mol. The third-order valence-corrected chi connectivity index (χ3v) is 5.76. The van der Waals surface area contributed by atoms with Crippen LogP contribution in [0.2, 0.25) is 5.02 Å². The molecule has 0 spiro atoms. The van der Waals surface area contributed by atoms with E-state index < -0.39 is 11.6 Å². The van der Waals surface area contributed by atoms with Crippen molar-refractivity contribution in [2.45, 2.75) is 66.1 Å². The van der Waals surface area contributed by atoms with E-state index in [-0.39, 0.29) is 25.0 Å². The van der Waals surface area contributed by atoms with Crippen LogP contribution in [0.4, 0.5) is 0 Å². The minimum atomic E-state index is -0.629. The summed E-state index contributed by atoms with van der Waals surface area (Å²) in [5, 5.41) is 3.68. The molecule has 0 saturated carbocycles. The number of nitrogens with zero attached hydrogens (tertiary/aromatic N) is 1. The summed E-state index contributed by atoms with van der Waals surface area (Å²) < 4.78 is 11.0. The van der Waals surface area contributed by atoms with Gasteiger partial charge in [0.05, 0.1) is 7.11 Å². The highest BCUT2D eigenvalue weighted by Gasteiger charge is 2.31. The van der Waals surface area contributed by atoms with E-state index in [9.17, 15) is 9.59 Å². The van der Waals surface area contributed by atoms with E-state index in [1.165, 1.54) is 0 Å². The van der Waals surface area contributed by atoms with Crippen LogP contribution in [0.15, 0.2) is 36.4 Å². The van der Waals surface area contributed by atoms with Gasteiger partial charge in [0.15, 0.2) is 6.61 Å². The number of carbonyl (C=O) groups is 2. The van der Waals surface area contributed by atoms with Crippen molar-refractivity contribution in [2.75, 3.05) is 13.7 Å². The fraction of sp³-hybridized carbons (Fsp3) is 0.462. The SMILES string of the molecule is CC[C@H](C(=O)NC(C)(C)C)N(Cc1ccc(OC)cc1)C(=O)COc1cc(C)c(Cl)c(C)c1. The molecule has 0 radical (unpaired) electrons. The summed E-state index contributed by atoms with van der Waals surface area (Å²) >= 11 is 6.24. The van der Waals surface area contributed by atoms with Crippen LogP contribution < -0.4 is 14.8 Å². The molecular weight excluding hydrogens is 440 g/mol. The van der Waals surface area contributed by atoms with Crippen molar-refractivity contribution < 1.29 is 19.1 Å². The number of rotatable bonds is 9. The van der Waals surface area contributed by atoms with Crippen LogP contribution >= 0.6 is 11.6 Å². The Balaban J connectivity index is 2.27. The van der Waals surface area contributed by atoms with Gasteiger partial charge in [-0.1, -0.05) is 30.7 Å². The lowest BCUT2D eigenvalue weighted by molar-refractivity contribution is -0.143. The average molecular weight is 475 g/mol. The Hall–Kier alpha value is -2.73. The molecule has 1 atom stereocenters. The number of nitrogens with one attached hydrogen (secondary N) is 1. The fourth-order valence-electron chi connectivity index (χ4n) is 3.52. The first kappa shape index (κ1) is 26.5. The Bertz CT molecular complexity index is 944. The Kier molecular flexibility index (Phi) is 9.17. The lowest BCUT2D eigenvalue weighted by atomic mass is 10.1. The molecule has 2 aromatic carbocycles. The predicted octanol–water partition coefficient (Wildman–Crippen LogP) is 5.07. The van der Waals surface area contributed by atoms with Crippen molar-refractivity contribution in [3.05, 3.63) is 58.1 Å². The van der Waals surface area contributed by atoms with Crippen LogP contribution in [-0.4, -0.2) is 42.0 Å². The molecule has 0 saturated heterocycles. The minimum absolute atomic E-state index is 0.185. The highest BCUT2D eigenvalue weighted by atomic mass is 35.5. The van der Waals surface area contributed by atoms with Gasteiger partial charge in [0.25, 0.3) is 5.91 Å². The zero-order valence-electron chi connectivity index (χ0n) is 20.6. The second-order valence-corrected chi connectivity index (χ2v) is 9.57. The van der Waals surface area contributed by atoms with Crippen LogP contribution in [0.25, 0.3) is 0 Å². The predicted molar refractivity (Wildman–Crippen MR) is 132 cm³/mol. The summed E-state index contributed by atoms with van der Waals surface area (Å²) in [5.41, 5.74) is 2.24. The van der Waals surface area contributed by atoms with Crippen molar-refractivity contribution in [3.8, 4) is 11.5 Å². The van der Waals surface area contributed by atoms with Gasteiger partial charge < -0.3 is 19.7 Å². The third-order valence-electron chi connectivity index (χ3n) is 5.17. The molecule has 1 N–H and O–H groups in total. The van der Waals surface area contributed by atoms with E-state index in [2.05, 4.69) is 5.32 Å². The number of ether oxygens (including phenoxy) is 2. The first-order valence-electron chi connectivity index (χ1n) is 11.1. The molecule has 2 aromatic rings. The number of hydrogen-bond donors (Lipinski definition) is 1. The number of methoxy groups -OCH3 is 1. The molecule has 180 valence electrons. The van der Waals surface area contributed by atoms with Crippen LogP contribution in [0.3, 0.4) is 0 Å². The van der Waals surface area contributed by atoms with Gasteiger partial charge >= 0.3 is 0 Å². The maximum absolute atomic E-state index is 13.3. The molecule has 2 amide bonds. The van der Waals surface area contributed by atoms with Crippen molar-refractivity contribution in [3.63, 3.8) is 0 Å². The first-order valence-corrected chi connectivity index (χ1v) is 11.5. The molecule has 0 aliphatic heterocycles. The van der Waals surface area contributed by atoms with Crippen molar-refractivity contribution in [2.24, 2.45) is 0 Å². The molecule has 0 aliphatic rings. The first-order chi connectivity index (χ1) is 15.4. The molecule has 33 heavy (non-hydrogen) atoms. The molecule has 6 nitrogen and oxygen atoms in total. The zero-order chi connectivity index (χ0) is 24.8. The van der Waals surface area contributed by atoms with Gasteiger partial charge in [-0.25, -0.2) is 0 Å². The van der Waals surface area contributed by atoms with E-state index >= 15 is 0 Å². The van der Waals surface area contributed by atoms with Gasteiger partial charge in [0, 0.05) is 17.1 Å². The lowest BCUT2D eigenvalue weighted by Gasteiger charge is -2.33. The van der Waals surface area contributed by atoms with Crippen molar-refractivity contribution in [1.82, 2.24) is 10.2 Å². The van der Waals surface area contributed by atoms with E-state index in [0.29, 0.717) is 17.2 Å². The highest BCUT2D eigenvalue weighted by molar-refractivity contribution is 6.32. The van der Waals surface area contributed by atoms with E-state index in [4.69, 9.17) is 21.1 Å². The number of aryl methyl sites for hydroxylation is 2. The molecule has 0 unspecified atom stereocenters. The van der Waals surface area contributed by atoms with Crippen molar-refractivity contribution >= 4 is 23.4 Å². The van der Waals surface area contributed by atoms with Crippen LogP contribution in [-0.2, 0) is 16.1 Å².